The number of amides is 1. The van der Waals surface area contributed by atoms with E-state index in [2.05, 4.69) is 9.97 Å². The van der Waals surface area contributed by atoms with Crippen LogP contribution in [0.5, 0.6) is 0 Å². The Bertz CT molecular complexity index is 866. The molecular formula is C18H16FN3O. The Hall–Kier alpha value is -2.82. The minimum Gasteiger partial charge on any atom is -0.333 e. The predicted octanol–water partition coefficient (Wildman–Crippen LogP) is 3.60. The number of para-hydroxylation sites is 2. The third-order valence-corrected chi connectivity index (χ3v) is 3.92. The van der Waals surface area contributed by atoms with Crippen molar-refractivity contribution in [1.29, 1.82) is 0 Å². The monoisotopic (exact) mass is 309 g/mol. The van der Waals surface area contributed by atoms with Gasteiger partial charge in [0.25, 0.3) is 5.91 Å². The number of hydrogen-bond donors (Lipinski definition) is 0. The second-order valence-corrected chi connectivity index (χ2v) is 5.36. The second kappa shape index (κ2) is 6.12. The molecule has 0 fully saturated rings. The second-order valence-electron chi connectivity index (χ2n) is 5.36. The first-order valence-corrected chi connectivity index (χ1v) is 7.31. The van der Waals surface area contributed by atoms with Crippen LogP contribution in [0.3, 0.4) is 0 Å². The number of benzene rings is 2. The van der Waals surface area contributed by atoms with Crippen molar-refractivity contribution in [3.05, 3.63) is 71.8 Å². The summed E-state index contributed by atoms with van der Waals surface area (Å²) < 4.78 is 13.9. The zero-order valence-electron chi connectivity index (χ0n) is 12.9. The Morgan fingerprint density at radius 3 is 2.48 bits per heavy atom. The maximum Gasteiger partial charge on any atom is 0.274 e. The molecule has 1 atom stereocenters. The summed E-state index contributed by atoms with van der Waals surface area (Å²) in [7, 11) is 1.64. The lowest BCUT2D eigenvalue weighted by molar-refractivity contribution is 0.0734. The van der Waals surface area contributed by atoms with Gasteiger partial charge in [0.1, 0.15) is 11.5 Å². The maximum atomic E-state index is 13.9. The van der Waals surface area contributed by atoms with Crippen LogP contribution in [0.1, 0.15) is 29.0 Å². The minimum atomic E-state index is -0.406. The van der Waals surface area contributed by atoms with Crippen molar-refractivity contribution in [2.75, 3.05) is 7.05 Å². The van der Waals surface area contributed by atoms with Gasteiger partial charge in [0, 0.05) is 12.6 Å². The van der Waals surface area contributed by atoms with E-state index in [-0.39, 0.29) is 17.4 Å². The van der Waals surface area contributed by atoms with Crippen LogP contribution < -0.4 is 0 Å². The molecule has 0 N–H and O–H groups in total. The van der Waals surface area contributed by atoms with Crippen LogP contribution >= 0.6 is 0 Å². The molecule has 0 aliphatic rings. The summed E-state index contributed by atoms with van der Waals surface area (Å²) in [4.78, 5) is 22.7. The fourth-order valence-corrected chi connectivity index (χ4v) is 2.44. The predicted molar refractivity (Wildman–Crippen MR) is 86.4 cm³/mol. The van der Waals surface area contributed by atoms with E-state index in [4.69, 9.17) is 0 Å². The Kier molecular flexibility index (Phi) is 4.02. The van der Waals surface area contributed by atoms with Gasteiger partial charge in [0.2, 0.25) is 0 Å². The third kappa shape index (κ3) is 2.90. The van der Waals surface area contributed by atoms with Crippen molar-refractivity contribution in [2.24, 2.45) is 0 Å². The molecule has 0 radical (unpaired) electrons. The summed E-state index contributed by atoms with van der Waals surface area (Å²) in [5.74, 6) is -0.622. The molecule has 3 rings (SSSR count). The number of aromatic nitrogens is 2. The highest BCUT2D eigenvalue weighted by molar-refractivity contribution is 5.93. The first-order valence-electron chi connectivity index (χ1n) is 7.31. The molecule has 1 unspecified atom stereocenters. The zero-order valence-corrected chi connectivity index (χ0v) is 12.9. The lowest BCUT2D eigenvalue weighted by Gasteiger charge is -2.25. The standard InChI is InChI=1S/C18H16FN3O/c1-12(13-7-3-4-8-14(13)19)22(2)18(23)17-11-20-15-9-5-6-10-16(15)21-17/h3-12H,1-2H3. The van der Waals surface area contributed by atoms with Gasteiger partial charge in [-0.3, -0.25) is 9.78 Å². The Morgan fingerprint density at radius 1 is 1.09 bits per heavy atom. The summed E-state index contributed by atoms with van der Waals surface area (Å²) in [6.45, 7) is 1.78. The summed E-state index contributed by atoms with van der Waals surface area (Å²) in [6.07, 6.45) is 1.45. The van der Waals surface area contributed by atoms with Crippen LogP contribution in [0.25, 0.3) is 11.0 Å². The van der Waals surface area contributed by atoms with Crippen LogP contribution in [0.4, 0.5) is 4.39 Å². The Labute approximate surface area is 133 Å². The number of carbonyl (C=O) groups excluding carboxylic acids is 1. The van der Waals surface area contributed by atoms with E-state index in [0.29, 0.717) is 11.1 Å². The highest BCUT2D eigenvalue weighted by Gasteiger charge is 2.22. The first kappa shape index (κ1) is 15.1. The summed E-state index contributed by atoms with van der Waals surface area (Å²) in [5.41, 5.74) is 2.10. The highest BCUT2D eigenvalue weighted by Crippen LogP contribution is 2.23. The topological polar surface area (TPSA) is 46.1 Å². The minimum absolute atomic E-state index is 0.245. The van der Waals surface area contributed by atoms with Gasteiger partial charge in [-0.2, -0.15) is 0 Å². The van der Waals surface area contributed by atoms with E-state index in [1.807, 2.05) is 18.2 Å². The number of rotatable bonds is 3. The molecule has 5 heteroatoms. The molecular weight excluding hydrogens is 293 g/mol. The molecule has 0 aliphatic carbocycles. The molecule has 0 saturated carbocycles. The van der Waals surface area contributed by atoms with E-state index >= 15 is 0 Å². The SMILES string of the molecule is CC(c1ccccc1F)N(C)C(=O)c1cnc2ccccc2n1. The molecule has 1 heterocycles. The van der Waals surface area contributed by atoms with Gasteiger partial charge in [-0.1, -0.05) is 30.3 Å². The molecule has 0 aliphatic heterocycles. The van der Waals surface area contributed by atoms with Crippen molar-refractivity contribution >= 4 is 16.9 Å². The summed E-state index contributed by atoms with van der Waals surface area (Å²) >= 11 is 0. The smallest absolute Gasteiger partial charge is 0.274 e. The van der Waals surface area contributed by atoms with E-state index in [9.17, 15) is 9.18 Å². The van der Waals surface area contributed by atoms with E-state index in [0.717, 1.165) is 5.52 Å². The van der Waals surface area contributed by atoms with Crippen LogP contribution in [0.15, 0.2) is 54.7 Å². The van der Waals surface area contributed by atoms with Crippen molar-refractivity contribution in [3.8, 4) is 0 Å². The largest absolute Gasteiger partial charge is 0.333 e. The van der Waals surface area contributed by atoms with Gasteiger partial charge in [-0.05, 0) is 25.1 Å². The van der Waals surface area contributed by atoms with E-state index in [1.54, 1.807) is 38.2 Å². The zero-order chi connectivity index (χ0) is 16.4. The summed E-state index contributed by atoms with van der Waals surface area (Å²) in [6, 6.07) is 13.4. The van der Waals surface area contributed by atoms with Crippen molar-refractivity contribution < 1.29 is 9.18 Å². The Morgan fingerprint density at radius 2 is 1.74 bits per heavy atom. The van der Waals surface area contributed by atoms with Gasteiger partial charge in [-0.15, -0.1) is 0 Å². The van der Waals surface area contributed by atoms with Crippen LogP contribution in [-0.4, -0.2) is 27.8 Å². The van der Waals surface area contributed by atoms with Gasteiger partial charge in [0.15, 0.2) is 0 Å². The molecule has 23 heavy (non-hydrogen) atoms. The molecule has 0 bridgehead atoms. The van der Waals surface area contributed by atoms with Gasteiger partial charge < -0.3 is 4.90 Å². The molecule has 0 saturated heterocycles. The average molecular weight is 309 g/mol. The van der Waals surface area contributed by atoms with Crippen LogP contribution in [0, 0.1) is 5.82 Å². The molecule has 3 aromatic rings. The molecule has 0 spiro atoms. The van der Waals surface area contributed by atoms with Gasteiger partial charge >= 0.3 is 0 Å². The molecule has 4 nitrogen and oxygen atoms in total. The number of nitrogens with zero attached hydrogens (tertiary/aromatic N) is 3. The lowest BCUT2D eigenvalue weighted by Crippen LogP contribution is -2.31. The molecule has 2 aromatic carbocycles. The van der Waals surface area contributed by atoms with Gasteiger partial charge in [-0.25, -0.2) is 9.37 Å². The fourth-order valence-electron chi connectivity index (χ4n) is 2.44. The number of hydrogen-bond acceptors (Lipinski definition) is 3. The normalized spacial score (nSPS) is 12.1. The lowest BCUT2D eigenvalue weighted by atomic mass is 10.1. The van der Waals surface area contributed by atoms with Gasteiger partial charge in [0.05, 0.1) is 23.3 Å². The van der Waals surface area contributed by atoms with E-state index < -0.39 is 6.04 Å². The molecule has 1 aromatic heterocycles. The van der Waals surface area contributed by atoms with Crippen molar-refractivity contribution in [1.82, 2.24) is 14.9 Å². The summed E-state index contributed by atoms with van der Waals surface area (Å²) in [5, 5.41) is 0. The van der Waals surface area contributed by atoms with Crippen LogP contribution in [-0.2, 0) is 0 Å². The van der Waals surface area contributed by atoms with Crippen molar-refractivity contribution in [2.45, 2.75) is 13.0 Å². The maximum absolute atomic E-state index is 13.9. The van der Waals surface area contributed by atoms with Crippen molar-refractivity contribution in [3.63, 3.8) is 0 Å². The number of halogens is 1. The number of fused-ring (bicyclic) bond motifs is 1. The fraction of sp³-hybridized carbons (Fsp3) is 0.167. The first-order chi connectivity index (χ1) is 11.1. The molecule has 1 amide bonds. The highest BCUT2D eigenvalue weighted by atomic mass is 19.1. The quantitative estimate of drug-likeness (QED) is 0.742. The molecule has 116 valence electrons. The third-order valence-electron chi connectivity index (χ3n) is 3.92. The van der Waals surface area contributed by atoms with E-state index in [1.165, 1.54) is 17.2 Å². The average Bonchev–Trinajstić information content (AvgIpc) is 2.60. The Balaban J connectivity index is 1.90. The van der Waals surface area contributed by atoms with Crippen LogP contribution in [0.2, 0.25) is 0 Å². The number of carbonyl (C=O) groups is 1.